The Morgan fingerprint density at radius 3 is 2.07 bits per heavy atom. The molecule has 0 aliphatic carbocycles. The van der Waals surface area contributed by atoms with Crippen LogP contribution in [0.25, 0.3) is 0 Å². The second kappa shape index (κ2) is 12.0. The molecule has 1 heterocycles. The van der Waals surface area contributed by atoms with Gasteiger partial charge >= 0.3 is 0 Å². The molecular formula is C14H33N. The Bertz CT molecular complexity index is 110. The van der Waals surface area contributed by atoms with Crippen LogP contribution in [0, 0.1) is 5.92 Å². The van der Waals surface area contributed by atoms with Crippen LogP contribution in [0.3, 0.4) is 0 Å². The van der Waals surface area contributed by atoms with E-state index in [-0.39, 0.29) is 0 Å². The van der Waals surface area contributed by atoms with Crippen LogP contribution < -0.4 is 0 Å². The highest BCUT2D eigenvalue weighted by Gasteiger charge is 2.22. The summed E-state index contributed by atoms with van der Waals surface area (Å²) in [5.41, 5.74) is 0. The van der Waals surface area contributed by atoms with E-state index in [1.54, 1.807) is 0 Å². The first-order valence-electron chi connectivity index (χ1n) is 6.98. The molecule has 0 aromatic carbocycles. The number of hydrogen-bond donors (Lipinski definition) is 0. The van der Waals surface area contributed by atoms with Crippen molar-refractivity contribution in [1.29, 1.82) is 0 Å². The van der Waals surface area contributed by atoms with Crippen LogP contribution in [0.4, 0.5) is 0 Å². The summed E-state index contributed by atoms with van der Waals surface area (Å²) in [6.07, 6.45) is 4.20. The van der Waals surface area contributed by atoms with Crippen LogP contribution in [-0.2, 0) is 0 Å². The molecule has 0 spiro atoms. The lowest BCUT2D eigenvalue weighted by atomic mass is 10.1. The van der Waals surface area contributed by atoms with Crippen LogP contribution in [0.5, 0.6) is 0 Å². The Hall–Kier alpha value is -0.0400. The summed E-state index contributed by atoms with van der Waals surface area (Å²) >= 11 is 0. The smallest absolute Gasteiger partial charge is 0.00932 e. The van der Waals surface area contributed by atoms with E-state index in [4.69, 9.17) is 0 Å². The average Bonchev–Trinajstić information content (AvgIpc) is 2.70. The van der Waals surface area contributed by atoms with E-state index >= 15 is 0 Å². The third kappa shape index (κ3) is 7.84. The Labute approximate surface area is 98.2 Å². The lowest BCUT2D eigenvalue weighted by Crippen LogP contribution is -2.32. The maximum atomic E-state index is 2.66. The third-order valence-corrected chi connectivity index (χ3v) is 2.57. The van der Waals surface area contributed by atoms with E-state index in [1.807, 2.05) is 27.7 Å². The highest BCUT2D eigenvalue weighted by atomic mass is 15.2. The third-order valence-electron chi connectivity index (χ3n) is 2.57. The molecule has 0 amide bonds. The number of hydrogen-bond acceptors (Lipinski definition) is 1. The summed E-state index contributed by atoms with van der Waals surface area (Å²) in [5.74, 6) is 0.835. The first-order valence-corrected chi connectivity index (χ1v) is 6.98. The Morgan fingerprint density at radius 2 is 1.67 bits per heavy atom. The van der Waals surface area contributed by atoms with Crippen molar-refractivity contribution in [2.45, 2.75) is 73.8 Å². The van der Waals surface area contributed by atoms with E-state index in [1.165, 1.54) is 32.4 Å². The van der Waals surface area contributed by atoms with Gasteiger partial charge in [0.1, 0.15) is 0 Å². The Morgan fingerprint density at radius 1 is 1.13 bits per heavy atom. The van der Waals surface area contributed by atoms with Crippen molar-refractivity contribution in [3.8, 4) is 0 Å². The van der Waals surface area contributed by atoms with Crippen LogP contribution >= 0.6 is 0 Å². The van der Waals surface area contributed by atoms with Gasteiger partial charge in [-0.3, -0.25) is 0 Å². The highest BCUT2D eigenvalue weighted by Crippen LogP contribution is 2.20. The van der Waals surface area contributed by atoms with Gasteiger partial charge in [-0.25, -0.2) is 0 Å². The zero-order chi connectivity index (χ0) is 12.3. The Balaban J connectivity index is 0. The first-order chi connectivity index (χ1) is 7.24. The van der Waals surface area contributed by atoms with Crippen molar-refractivity contribution in [3.05, 3.63) is 0 Å². The monoisotopic (exact) mass is 215 g/mol. The molecular weight excluding hydrogens is 182 g/mol. The number of rotatable bonds is 3. The molecule has 0 aromatic rings. The summed E-state index contributed by atoms with van der Waals surface area (Å²) < 4.78 is 0. The van der Waals surface area contributed by atoms with E-state index < -0.39 is 0 Å². The first kappa shape index (κ1) is 17.4. The molecule has 1 unspecified atom stereocenters. The van der Waals surface area contributed by atoms with Gasteiger partial charge in [-0.15, -0.1) is 0 Å². The quantitative estimate of drug-likeness (QED) is 0.666. The minimum absolute atomic E-state index is 0.835. The molecule has 1 atom stereocenters. The number of likely N-dealkylation sites (tertiary alicyclic amines) is 1. The van der Waals surface area contributed by atoms with Gasteiger partial charge < -0.3 is 4.90 Å². The van der Waals surface area contributed by atoms with Gasteiger partial charge in [-0.2, -0.15) is 0 Å². The predicted molar refractivity (Wildman–Crippen MR) is 72.4 cm³/mol. The molecule has 0 radical (unpaired) electrons. The minimum Gasteiger partial charge on any atom is -0.300 e. The largest absolute Gasteiger partial charge is 0.300 e. The molecule has 1 saturated heterocycles. The van der Waals surface area contributed by atoms with E-state index in [0.717, 1.165) is 12.0 Å². The fraction of sp³-hybridized carbons (Fsp3) is 1.00. The van der Waals surface area contributed by atoms with Gasteiger partial charge in [0, 0.05) is 12.6 Å². The van der Waals surface area contributed by atoms with Crippen LogP contribution in [0.15, 0.2) is 0 Å². The molecule has 1 fully saturated rings. The zero-order valence-corrected chi connectivity index (χ0v) is 12.1. The standard InChI is InChI=1S/C10H21N.2C2H6/c1-4-10-6-5-7-11(10)8-9(2)3;2*1-2/h9-10H,4-8H2,1-3H3;2*1-2H3. The summed E-state index contributed by atoms with van der Waals surface area (Å²) in [6.45, 7) is 17.6. The fourth-order valence-corrected chi connectivity index (χ4v) is 2.07. The molecule has 15 heavy (non-hydrogen) atoms. The molecule has 1 nitrogen and oxygen atoms in total. The lowest BCUT2D eigenvalue weighted by molar-refractivity contribution is 0.222. The molecule has 94 valence electrons. The molecule has 0 N–H and O–H groups in total. The van der Waals surface area contributed by atoms with Crippen molar-refractivity contribution >= 4 is 0 Å². The van der Waals surface area contributed by atoms with Crippen LogP contribution in [-0.4, -0.2) is 24.0 Å². The maximum Gasteiger partial charge on any atom is 0.00932 e. The minimum atomic E-state index is 0.835. The molecule has 0 bridgehead atoms. The fourth-order valence-electron chi connectivity index (χ4n) is 2.07. The van der Waals surface area contributed by atoms with Gasteiger partial charge in [-0.05, 0) is 31.7 Å². The summed E-state index contributed by atoms with van der Waals surface area (Å²) in [6, 6.07) is 0.900. The SMILES string of the molecule is CC.CC.CCC1CCCN1CC(C)C. The second-order valence-corrected chi connectivity index (χ2v) is 4.09. The van der Waals surface area contributed by atoms with Gasteiger partial charge in [-0.1, -0.05) is 48.5 Å². The Kier molecular flexibility index (Phi) is 13.9. The second-order valence-electron chi connectivity index (χ2n) is 4.09. The average molecular weight is 215 g/mol. The molecule has 1 aliphatic rings. The van der Waals surface area contributed by atoms with Gasteiger partial charge in [0.25, 0.3) is 0 Å². The molecule has 0 saturated carbocycles. The maximum absolute atomic E-state index is 2.66. The molecule has 1 aliphatic heterocycles. The van der Waals surface area contributed by atoms with Gasteiger partial charge in [0.15, 0.2) is 0 Å². The summed E-state index contributed by atoms with van der Waals surface area (Å²) in [7, 11) is 0. The summed E-state index contributed by atoms with van der Waals surface area (Å²) in [4.78, 5) is 2.66. The van der Waals surface area contributed by atoms with Gasteiger partial charge in [0.2, 0.25) is 0 Å². The molecule has 1 heteroatoms. The topological polar surface area (TPSA) is 3.24 Å². The lowest BCUT2D eigenvalue weighted by Gasteiger charge is -2.24. The predicted octanol–water partition coefficient (Wildman–Crippen LogP) is 4.57. The van der Waals surface area contributed by atoms with E-state index in [2.05, 4.69) is 25.7 Å². The van der Waals surface area contributed by atoms with Crippen molar-refractivity contribution in [2.24, 2.45) is 5.92 Å². The molecule has 1 rings (SSSR count). The summed E-state index contributed by atoms with van der Waals surface area (Å²) in [5, 5.41) is 0. The normalized spacial score (nSPS) is 20.4. The highest BCUT2D eigenvalue weighted by molar-refractivity contribution is 4.78. The van der Waals surface area contributed by atoms with Crippen LogP contribution in [0.2, 0.25) is 0 Å². The van der Waals surface area contributed by atoms with Gasteiger partial charge in [0.05, 0.1) is 0 Å². The van der Waals surface area contributed by atoms with Crippen LogP contribution in [0.1, 0.15) is 67.7 Å². The zero-order valence-electron chi connectivity index (χ0n) is 12.1. The van der Waals surface area contributed by atoms with E-state index in [9.17, 15) is 0 Å². The number of nitrogens with zero attached hydrogens (tertiary/aromatic N) is 1. The van der Waals surface area contributed by atoms with E-state index in [0.29, 0.717) is 0 Å². The van der Waals surface area contributed by atoms with Crippen molar-refractivity contribution in [3.63, 3.8) is 0 Å². The van der Waals surface area contributed by atoms with Crippen molar-refractivity contribution in [2.75, 3.05) is 13.1 Å². The molecule has 0 aromatic heterocycles. The van der Waals surface area contributed by atoms with Crippen molar-refractivity contribution < 1.29 is 0 Å². The van der Waals surface area contributed by atoms with Crippen molar-refractivity contribution in [1.82, 2.24) is 4.90 Å².